The van der Waals surface area contributed by atoms with Crippen LogP contribution >= 0.6 is 0 Å². The molecule has 0 heterocycles. The third-order valence-corrected chi connectivity index (χ3v) is 4.24. The van der Waals surface area contributed by atoms with Crippen LogP contribution in [-0.2, 0) is 20.9 Å². The molecule has 2 aromatic rings. The molecule has 0 spiro atoms. The van der Waals surface area contributed by atoms with Crippen molar-refractivity contribution in [3.63, 3.8) is 0 Å². The lowest BCUT2D eigenvalue weighted by molar-refractivity contribution is 0.241. The molecule has 0 aliphatic carbocycles. The highest BCUT2D eigenvalue weighted by atomic mass is 32.2. The van der Waals surface area contributed by atoms with E-state index in [0.29, 0.717) is 5.75 Å². The van der Waals surface area contributed by atoms with Crippen molar-refractivity contribution in [1.82, 2.24) is 0 Å². The van der Waals surface area contributed by atoms with Crippen LogP contribution in [0.2, 0.25) is 0 Å². The second-order valence-electron chi connectivity index (χ2n) is 5.34. The minimum atomic E-state index is -3.75. The molecule has 0 aromatic heterocycles. The highest BCUT2D eigenvalue weighted by Gasteiger charge is 2.15. The van der Waals surface area contributed by atoms with E-state index in [1.165, 1.54) is 0 Å². The average molecular weight is 320 g/mol. The van der Waals surface area contributed by atoms with Crippen LogP contribution in [0.25, 0.3) is 0 Å². The minimum Gasteiger partial charge on any atom is -0.491 e. The van der Waals surface area contributed by atoms with Gasteiger partial charge in [-0.25, -0.2) is 0 Å². The maximum atomic E-state index is 12.1. The minimum absolute atomic E-state index is 0.0223. The predicted octanol–water partition coefficient (Wildman–Crippen LogP) is 3.69. The van der Waals surface area contributed by atoms with Gasteiger partial charge in [0.25, 0.3) is 10.1 Å². The van der Waals surface area contributed by atoms with Gasteiger partial charge >= 0.3 is 0 Å². The van der Waals surface area contributed by atoms with Gasteiger partial charge in [0.2, 0.25) is 0 Å². The zero-order valence-electron chi connectivity index (χ0n) is 12.9. The van der Waals surface area contributed by atoms with Gasteiger partial charge in [0, 0.05) is 0 Å². The topological polar surface area (TPSA) is 52.6 Å². The molecule has 0 radical (unpaired) electrons. The third-order valence-electron chi connectivity index (χ3n) is 2.96. The Kier molecular flexibility index (Phi) is 5.21. The van der Waals surface area contributed by atoms with Gasteiger partial charge in [-0.15, -0.1) is 0 Å². The van der Waals surface area contributed by atoms with E-state index in [1.807, 2.05) is 32.9 Å². The summed E-state index contributed by atoms with van der Waals surface area (Å²) in [7, 11) is -3.75. The standard InChI is InChI=1S/C17H20O4S/c1-13(2)21-16-6-4-5-15(11-16)12-20-22(18,19)17-9-7-14(3)8-10-17/h4-11,13H,12H2,1-3H3. The van der Waals surface area contributed by atoms with Crippen LogP contribution in [0.3, 0.4) is 0 Å². The number of aryl methyl sites for hydroxylation is 1. The molecular formula is C17H20O4S. The number of ether oxygens (including phenoxy) is 1. The van der Waals surface area contributed by atoms with Crippen molar-refractivity contribution in [3.05, 3.63) is 59.7 Å². The van der Waals surface area contributed by atoms with Crippen LogP contribution in [0.4, 0.5) is 0 Å². The molecule has 0 saturated heterocycles. The summed E-state index contributed by atoms with van der Waals surface area (Å²) < 4.78 is 34.9. The maximum absolute atomic E-state index is 12.1. The first-order valence-corrected chi connectivity index (χ1v) is 8.49. The van der Waals surface area contributed by atoms with Gasteiger partial charge in [-0.1, -0.05) is 29.8 Å². The summed E-state index contributed by atoms with van der Waals surface area (Å²) in [5.41, 5.74) is 1.74. The molecule has 2 rings (SSSR count). The van der Waals surface area contributed by atoms with E-state index >= 15 is 0 Å². The molecule has 0 unspecified atom stereocenters. The molecule has 22 heavy (non-hydrogen) atoms. The first-order chi connectivity index (χ1) is 10.4. The van der Waals surface area contributed by atoms with Crippen LogP contribution in [0, 0.1) is 6.92 Å². The lowest BCUT2D eigenvalue weighted by Crippen LogP contribution is -2.08. The van der Waals surface area contributed by atoms with Crippen LogP contribution < -0.4 is 4.74 Å². The number of hydrogen-bond donors (Lipinski definition) is 0. The molecule has 0 N–H and O–H groups in total. The maximum Gasteiger partial charge on any atom is 0.297 e. The van der Waals surface area contributed by atoms with Gasteiger partial charge in [0.1, 0.15) is 5.75 Å². The van der Waals surface area contributed by atoms with E-state index in [-0.39, 0.29) is 17.6 Å². The zero-order chi connectivity index (χ0) is 16.2. The van der Waals surface area contributed by atoms with Gasteiger partial charge in [0.05, 0.1) is 17.6 Å². The molecule has 0 amide bonds. The van der Waals surface area contributed by atoms with E-state index in [0.717, 1.165) is 11.1 Å². The van der Waals surface area contributed by atoms with Crippen molar-refractivity contribution >= 4 is 10.1 Å². The molecule has 0 fully saturated rings. The Hall–Kier alpha value is -1.85. The number of rotatable bonds is 6. The molecule has 0 aliphatic rings. The van der Waals surface area contributed by atoms with Crippen molar-refractivity contribution in [2.24, 2.45) is 0 Å². The van der Waals surface area contributed by atoms with E-state index in [1.54, 1.807) is 36.4 Å². The molecule has 0 bridgehead atoms. The lowest BCUT2D eigenvalue weighted by Gasteiger charge is -2.11. The number of hydrogen-bond acceptors (Lipinski definition) is 4. The van der Waals surface area contributed by atoms with Crippen molar-refractivity contribution < 1.29 is 17.3 Å². The Morgan fingerprint density at radius 2 is 1.73 bits per heavy atom. The van der Waals surface area contributed by atoms with Crippen LogP contribution in [0.15, 0.2) is 53.4 Å². The fourth-order valence-corrected chi connectivity index (χ4v) is 2.80. The Labute approximate surface area is 131 Å². The van der Waals surface area contributed by atoms with Crippen molar-refractivity contribution in [1.29, 1.82) is 0 Å². The Morgan fingerprint density at radius 1 is 1.05 bits per heavy atom. The second kappa shape index (κ2) is 6.94. The van der Waals surface area contributed by atoms with Crippen LogP contribution in [-0.4, -0.2) is 14.5 Å². The summed E-state index contributed by atoms with van der Waals surface area (Å²) in [6, 6.07) is 13.8. The van der Waals surface area contributed by atoms with Gasteiger partial charge in [-0.3, -0.25) is 4.18 Å². The van der Waals surface area contributed by atoms with Gasteiger partial charge in [0.15, 0.2) is 0 Å². The average Bonchev–Trinajstić information content (AvgIpc) is 2.45. The molecule has 0 atom stereocenters. The van der Waals surface area contributed by atoms with Crippen molar-refractivity contribution in [3.8, 4) is 5.75 Å². The number of benzene rings is 2. The molecular weight excluding hydrogens is 300 g/mol. The lowest BCUT2D eigenvalue weighted by atomic mass is 10.2. The summed E-state index contributed by atoms with van der Waals surface area (Å²) >= 11 is 0. The van der Waals surface area contributed by atoms with Crippen LogP contribution in [0.1, 0.15) is 25.0 Å². The summed E-state index contributed by atoms with van der Waals surface area (Å²) in [6.07, 6.45) is 0.0625. The van der Waals surface area contributed by atoms with Gasteiger partial charge < -0.3 is 4.74 Å². The fraction of sp³-hybridized carbons (Fsp3) is 0.294. The summed E-state index contributed by atoms with van der Waals surface area (Å²) in [5, 5.41) is 0. The SMILES string of the molecule is Cc1ccc(S(=O)(=O)OCc2cccc(OC(C)C)c2)cc1. The zero-order valence-corrected chi connectivity index (χ0v) is 13.8. The van der Waals surface area contributed by atoms with Crippen LogP contribution in [0.5, 0.6) is 5.75 Å². The van der Waals surface area contributed by atoms with E-state index in [2.05, 4.69) is 0 Å². The Bertz CT molecular complexity index is 719. The summed E-state index contributed by atoms with van der Waals surface area (Å²) in [4.78, 5) is 0.160. The Balaban J connectivity index is 2.07. The Morgan fingerprint density at radius 3 is 2.36 bits per heavy atom. The molecule has 0 saturated carbocycles. The normalized spacial score (nSPS) is 11.6. The first kappa shape index (κ1) is 16.5. The summed E-state index contributed by atoms with van der Waals surface area (Å²) in [6.45, 7) is 5.75. The largest absolute Gasteiger partial charge is 0.491 e. The van der Waals surface area contributed by atoms with E-state index in [9.17, 15) is 8.42 Å². The van der Waals surface area contributed by atoms with Gasteiger partial charge in [-0.2, -0.15) is 8.42 Å². The molecule has 0 aliphatic heterocycles. The highest BCUT2D eigenvalue weighted by Crippen LogP contribution is 2.19. The monoisotopic (exact) mass is 320 g/mol. The second-order valence-corrected chi connectivity index (χ2v) is 6.96. The first-order valence-electron chi connectivity index (χ1n) is 7.08. The predicted molar refractivity (Wildman–Crippen MR) is 85.4 cm³/mol. The molecule has 2 aromatic carbocycles. The van der Waals surface area contributed by atoms with E-state index in [4.69, 9.17) is 8.92 Å². The molecule has 5 heteroatoms. The third kappa shape index (κ3) is 4.58. The van der Waals surface area contributed by atoms with Gasteiger partial charge in [-0.05, 0) is 50.6 Å². The molecule has 118 valence electrons. The van der Waals surface area contributed by atoms with Crippen molar-refractivity contribution in [2.75, 3.05) is 0 Å². The van der Waals surface area contributed by atoms with E-state index < -0.39 is 10.1 Å². The highest BCUT2D eigenvalue weighted by molar-refractivity contribution is 7.86. The molecule has 4 nitrogen and oxygen atoms in total. The smallest absolute Gasteiger partial charge is 0.297 e. The van der Waals surface area contributed by atoms with Crippen molar-refractivity contribution in [2.45, 2.75) is 38.4 Å². The fourth-order valence-electron chi connectivity index (χ4n) is 1.90. The summed E-state index contributed by atoms with van der Waals surface area (Å²) in [5.74, 6) is 0.698. The quantitative estimate of drug-likeness (QED) is 0.762.